The van der Waals surface area contributed by atoms with Gasteiger partial charge >= 0.3 is 6.03 Å². The van der Waals surface area contributed by atoms with E-state index in [2.05, 4.69) is 5.32 Å². The Balaban J connectivity index is 2.52. The number of hydrogen-bond donors (Lipinski definition) is 3. The smallest absolute Gasteiger partial charge is 0.319 e. The number of halogens is 2. The average Bonchev–Trinajstić information content (AvgIpc) is 2.37. The van der Waals surface area contributed by atoms with Crippen LogP contribution in [0, 0.1) is 11.3 Å². The summed E-state index contributed by atoms with van der Waals surface area (Å²) in [6.07, 6.45) is 0. The lowest BCUT2D eigenvalue weighted by Gasteiger charge is -2.14. The first-order chi connectivity index (χ1) is 8.46. The molecule has 0 unspecified atom stereocenters. The van der Waals surface area contributed by atoms with E-state index in [1.54, 1.807) is 12.1 Å². The summed E-state index contributed by atoms with van der Waals surface area (Å²) < 4.78 is 25.3. The van der Waals surface area contributed by atoms with Gasteiger partial charge in [0.15, 0.2) is 0 Å². The van der Waals surface area contributed by atoms with Gasteiger partial charge in [0.25, 0.3) is 5.92 Å². The van der Waals surface area contributed by atoms with Gasteiger partial charge in [-0.25, -0.2) is 13.6 Å². The highest BCUT2D eigenvalue weighted by molar-refractivity contribution is 5.89. The van der Waals surface area contributed by atoms with E-state index < -0.39 is 25.1 Å². The van der Waals surface area contributed by atoms with Crippen molar-refractivity contribution in [2.75, 3.05) is 18.5 Å². The van der Waals surface area contributed by atoms with E-state index >= 15 is 0 Å². The van der Waals surface area contributed by atoms with Gasteiger partial charge < -0.3 is 15.7 Å². The van der Waals surface area contributed by atoms with Crippen LogP contribution in [0.2, 0.25) is 0 Å². The maximum absolute atomic E-state index is 12.6. The summed E-state index contributed by atoms with van der Waals surface area (Å²) in [4.78, 5) is 11.3. The number of aliphatic hydroxyl groups excluding tert-OH is 1. The summed E-state index contributed by atoms with van der Waals surface area (Å²) in [5, 5.41) is 21.2. The van der Waals surface area contributed by atoms with Crippen LogP contribution in [0.5, 0.6) is 0 Å². The van der Waals surface area contributed by atoms with Crippen molar-refractivity contribution >= 4 is 11.7 Å². The number of amides is 2. The Bertz CT molecular complexity index is 472. The predicted molar refractivity (Wildman–Crippen MR) is 60.2 cm³/mol. The second-order valence-electron chi connectivity index (χ2n) is 3.51. The average molecular weight is 255 g/mol. The minimum atomic E-state index is -3.36. The number of rotatable bonds is 4. The molecule has 0 saturated heterocycles. The number of hydrogen-bond acceptors (Lipinski definition) is 3. The highest BCUT2D eigenvalue weighted by Gasteiger charge is 2.28. The van der Waals surface area contributed by atoms with Crippen molar-refractivity contribution in [2.45, 2.75) is 5.92 Å². The number of carbonyl (C=O) groups is 1. The fourth-order valence-electron chi connectivity index (χ4n) is 1.11. The number of benzene rings is 1. The molecule has 1 rings (SSSR count). The number of aliphatic hydroxyl groups is 1. The summed E-state index contributed by atoms with van der Waals surface area (Å²) in [6, 6.07) is 7.07. The Morgan fingerprint density at radius 3 is 2.83 bits per heavy atom. The first-order valence-electron chi connectivity index (χ1n) is 5.00. The zero-order valence-corrected chi connectivity index (χ0v) is 9.28. The highest BCUT2D eigenvalue weighted by atomic mass is 19.3. The van der Waals surface area contributed by atoms with Gasteiger partial charge in [-0.2, -0.15) is 5.26 Å². The van der Waals surface area contributed by atoms with E-state index in [1.807, 2.05) is 11.4 Å². The van der Waals surface area contributed by atoms with Crippen LogP contribution in [-0.4, -0.2) is 30.2 Å². The molecule has 0 radical (unpaired) electrons. The second-order valence-corrected chi connectivity index (χ2v) is 3.51. The van der Waals surface area contributed by atoms with Gasteiger partial charge in [0.1, 0.15) is 6.61 Å². The van der Waals surface area contributed by atoms with Crippen molar-refractivity contribution in [1.82, 2.24) is 5.32 Å². The van der Waals surface area contributed by atoms with Crippen molar-refractivity contribution in [1.29, 1.82) is 5.26 Å². The van der Waals surface area contributed by atoms with Crippen LogP contribution in [-0.2, 0) is 0 Å². The van der Waals surface area contributed by atoms with E-state index in [0.717, 1.165) is 0 Å². The molecule has 1 aromatic carbocycles. The van der Waals surface area contributed by atoms with Crippen LogP contribution in [0.3, 0.4) is 0 Å². The third kappa shape index (κ3) is 4.35. The van der Waals surface area contributed by atoms with Gasteiger partial charge in [0.05, 0.1) is 18.2 Å². The topological polar surface area (TPSA) is 85.2 Å². The molecule has 18 heavy (non-hydrogen) atoms. The third-order valence-electron chi connectivity index (χ3n) is 1.99. The second kappa shape index (κ2) is 5.93. The summed E-state index contributed by atoms with van der Waals surface area (Å²) >= 11 is 0. The molecule has 3 N–H and O–H groups in total. The Morgan fingerprint density at radius 1 is 1.50 bits per heavy atom. The van der Waals surface area contributed by atoms with E-state index in [9.17, 15) is 13.6 Å². The fraction of sp³-hybridized carbons (Fsp3) is 0.273. The molecule has 0 spiro atoms. The van der Waals surface area contributed by atoms with Crippen LogP contribution in [0.15, 0.2) is 24.3 Å². The number of carbonyl (C=O) groups excluding carboxylic acids is 1. The quantitative estimate of drug-likeness (QED) is 0.758. The molecule has 0 saturated carbocycles. The van der Waals surface area contributed by atoms with Crippen molar-refractivity contribution in [3.8, 4) is 6.07 Å². The first kappa shape index (κ1) is 13.9. The zero-order chi connectivity index (χ0) is 13.6. The van der Waals surface area contributed by atoms with Crippen LogP contribution in [0.4, 0.5) is 19.3 Å². The summed E-state index contributed by atoms with van der Waals surface area (Å²) in [7, 11) is 0. The van der Waals surface area contributed by atoms with Crippen molar-refractivity contribution in [3.05, 3.63) is 29.8 Å². The number of nitrogens with zero attached hydrogens (tertiary/aromatic N) is 1. The normalized spacial score (nSPS) is 10.6. The van der Waals surface area contributed by atoms with Gasteiger partial charge in [-0.1, -0.05) is 6.07 Å². The van der Waals surface area contributed by atoms with E-state index in [1.165, 1.54) is 12.1 Å². The van der Waals surface area contributed by atoms with Gasteiger partial charge in [-0.05, 0) is 18.2 Å². The lowest BCUT2D eigenvalue weighted by atomic mass is 10.2. The van der Waals surface area contributed by atoms with Gasteiger partial charge in [-0.15, -0.1) is 0 Å². The van der Waals surface area contributed by atoms with Crippen LogP contribution < -0.4 is 10.6 Å². The monoisotopic (exact) mass is 255 g/mol. The molecule has 0 bridgehead atoms. The fourth-order valence-corrected chi connectivity index (χ4v) is 1.11. The van der Waals surface area contributed by atoms with Crippen LogP contribution in [0.25, 0.3) is 0 Å². The predicted octanol–water partition coefficient (Wildman–Crippen LogP) is 1.31. The molecule has 0 aliphatic heterocycles. The maximum atomic E-state index is 12.6. The van der Waals surface area contributed by atoms with Gasteiger partial charge in [0, 0.05) is 5.69 Å². The van der Waals surface area contributed by atoms with Crippen molar-refractivity contribution in [3.63, 3.8) is 0 Å². The molecule has 7 heteroatoms. The minimum Gasteiger partial charge on any atom is -0.390 e. The SMILES string of the molecule is N#Cc1cccc(NC(=O)NCC(F)(F)CO)c1. The molecule has 1 aromatic rings. The Labute approximate surface area is 102 Å². The van der Waals surface area contributed by atoms with Gasteiger partial charge in [0.2, 0.25) is 0 Å². The molecule has 0 fully saturated rings. The van der Waals surface area contributed by atoms with Crippen LogP contribution >= 0.6 is 0 Å². The molecule has 2 amide bonds. The van der Waals surface area contributed by atoms with E-state index in [-0.39, 0.29) is 0 Å². The minimum absolute atomic E-state index is 0.318. The third-order valence-corrected chi connectivity index (χ3v) is 1.99. The largest absolute Gasteiger partial charge is 0.390 e. The molecule has 5 nitrogen and oxygen atoms in total. The lowest BCUT2D eigenvalue weighted by molar-refractivity contribution is -0.0451. The van der Waals surface area contributed by atoms with Crippen molar-refractivity contribution < 1.29 is 18.7 Å². The number of anilines is 1. The Hall–Kier alpha value is -2.20. The first-order valence-corrected chi connectivity index (χ1v) is 5.00. The summed E-state index contributed by atoms with van der Waals surface area (Å²) in [5.74, 6) is -3.36. The number of alkyl halides is 2. The van der Waals surface area contributed by atoms with Crippen LogP contribution in [0.1, 0.15) is 5.56 Å². The molecule has 96 valence electrons. The number of nitriles is 1. The van der Waals surface area contributed by atoms with Gasteiger partial charge in [-0.3, -0.25) is 0 Å². The number of urea groups is 1. The Morgan fingerprint density at radius 2 is 2.22 bits per heavy atom. The van der Waals surface area contributed by atoms with Crippen molar-refractivity contribution in [2.24, 2.45) is 0 Å². The van der Waals surface area contributed by atoms with E-state index in [4.69, 9.17) is 10.4 Å². The zero-order valence-electron chi connectivity index (χ0n) is 9.28. The number of nitrogens with one attached hydrogen (secondary N) is 2. The molecular weight excluding hydrogens is 244 g/mol. The Kier molecular flexibility index (Phi) is 4.57. The molecule has 0 aromatic heterocycles. The standard InChI is InChI=1S/C11H11F2N3O2/c12-11(13,7-17)6-15-10(18)16-9-3-1-2-8(4-9)5-14/h1-4,17H,6-7H2,(H2,15,16,18). The summed E-state index contributed by atoms with van der Waals surface area (Å²) in [5.41, 5.74) is 0.660. The van der Waals surface area contributed by atoms with E-state index in [0.29, 0.717) is 11.3 Å². The molecular formula is C11H11F2N3O2. The molecule has 0 atom stereocenters. The maximum Gasteiger partial charge on any atom is 0.319 e. The lowest BCUT2D eigenvalue weighted by Crippen LogP contribution is -2.40. The molecule has 0 aliphatic rings. The molecule has 0 heterocycles. The summed E-state index contributed by atoms with van der Waals surface area (Å²) in [6.45, 7) is -2.30. The molecule has 0 aliphatic carbocycles. The highest BCUT2D eigenvalue weighted by Crippen LogP contribution is 2.11.